The number of carbonyl (C=O) groups is 1. The number of nitrogens with zero attached hydrogens (tertiary/aromatic N) is 2. The zero-order chi connectivity index (χ0) is 17.2. The van der Waals surface area contributed by atoms with Gasteiger partial charge in [-0.15, -0.1) is 0 Å². The van der Waals surface area contributed by atoms with Crippen molar-refractivity contribution in [1.29, 1.82) is 5.26 Å². The third-order valence-corrected chi connectivity index (χ3v) is 3.90. The maximum absolute atomic E-state index is 12.0. The van der Waals surface area contributed by atoms with Crippen molar-refractivity contribution in [2.75, 3.05) is 0 Å². The minimum atomic E-state index is -1.38. The third-order valence-electron chi connectivity index (χ3n) is 3.65. The van der Waals surface area contributed by atoms with Crippen molar-refractivity contribution < 1.29 is 9.53 Å². The third kappa shape index (κ3) is 2.95. The number of halogens is 1. The summed E-state index contributed by atoms with van der Waals surface area (Å²) >= 11 is 5.85. The normalized spacial score (nSPS) is 22.5. The monoisotopic (exact) mass is 340 g/mol. The van der Waals surface area contributed by atoms with Crippen LogP contribution in [0.4, 0.5) is 0 Å². The van der Waals surface area contributed by atoms with E-state index in [2.05, 4.69) is 10.5 Å². The molecule has 2 aromatic carbocycles. The Kier molecular flexibility index (Phi) is 4.21. The average Bonchev–Trinajstić information content (AvgIpc) is 3.37. The van der Waals surface area contributed by atoms with Crippen LogP contribution in [0.1, 0.15) is 22.0 Å². The van der Waals surface area contributed by atoms with Crippen molar-refractivity contribution in [3.63, 3.8) is 0 Å². The summed E-state index contributed by atoms with van der Waals surface area (Å²) in [6.45, 7) is 0. The number of hydrogen-bond donors (Lipinski definition) is 2. The molecule has 1 fully saturated rings. The highest BCUT2D eigenvalue weighted by Gasteiger charge is 2.62. The van der Waals surface area contributed by atoms with Crippen LogP contribution in [0.15, 0.2) is 59.7 Å². The number of nitriles is 1. The van der Waals surface area contributed by atoms with Crippen LogP contribution in [0.5, 0.6) is 0 Å². The van der Waals surface area contributed by atoms with Gasteiger partial charge in [0.1, 0.15) is 12.2 Å². The molecule has 2 atom stereocenters. The van der Waals surface area contributed by atoms with E-state index < -0.39 is 17.6 Å². The number of amides is 1. The summed E-state index contributed by atoms with van der Waals surface area (Å²) in [5.74, 6) is -0.524. The number of rotatable bonds is 4. The van der Waals surface area contributed by atoms with Crippen molar-refractivity contribution >= 4 is 23.3 Å². The lowest BCUT2D eigenvalue weighted by molar-refractivity contribution is 0.0954. The molecule has 24 heavy (non-hydrogen) atoms. The van der Waals surface area contributed by atoms with Gasteiger partial charge >= 0.3 is 0 Å². The molecule has 0 unspecified atom stereocenters. The number of amidine groups is 1. The van der Waals surface area contributed by atoms with Crippen LogP contribution >= 0.6 is 11.6 Å². The molecule has 0 bridgehead atoms. The molecule has 0 saturated carbocycles. The lowest BCUT2D eigenvalue weighted by Gasteiger charge is -2.05. The summed E-state index contributed by atoms with van der Waals surface area (Å²) in [6, 6.07) is 17.5. The summed E-state index contributed by atoms with van der Waals surface area (Å²) < 4.78 is 5.47. The molecule has 1 aliphatic rings. The first-order valence-electron chi connectivity index (χ1n) is 7.10. The van der Waals surface area contributed by atoms with Gasteiger partial charge in [0.2, 0.25) is 5.60 Å². The molecule has 2 aromatic rings. The molecule has 0 radical (unpaired) electrons. The lowest BCUT2D eigenvalue weighted by atomic mass is 10.00. The molecular formula is C17H13ClN4O2. The minimum absolute atomic E-state index is 0.103. The molecule has 1 saturated heterocycles. The summed E-state index contributed by atoms with van der Waals surface area (Å²) in [7, 11) is 0. The van der Waals surface area contributed by atoms with Gasteiger partial charge in [0.25, 0.3) is 5.91 Å². The standard InChI is InChI=1S/C17H13ClN4O2/c18-13-8-6-11(7-9-13)14-17(10-19,24-14)16(20)22-21-15(23)12-4-2-1-3-5-12/h1-9,14H,(H2,20,22)(H,21,23)/t14-,17+/m1/s1. The van der Waals surface area contributed by atoms with E-state index >= 15 is 0 Å². The Hall–Kier alpha value is -2.88. The molecule has 6 nitrogen and oxygen atoms in total. The molecular weight excluding hydrogens is 328 g/mol. The molecule has 1 heterocycles. The summed E-state index contributed by atoms with van der Waals surface area (Å²) in [6.07, 6.45) is -0.544. The van der Waals surface area contributed by atoms with Crippen molar-refractivity contribution in [2.24, 2.45) is 10.8 Å². The molecule has 0 aliphatic carbocycles. The highest BCUT2D eigenvalue weighted by Crippen LogP contribution is 2.49. The van der Waals surface area contributed by atoms with E-state index in [4.69, 9.17) is 22.1 Å². The van der Waals surface area contributed by atoms with Crippen LogP contribution in [-0.2, 0) is 4.74 Å². The number of hydrazone groups is 1. The van der Waals surface area contributed by atoms with Gasteiger partial charge in [-0.1, -0.05) is 41.9 Å². The number of carbonyl (C=O) groups excluding carboxylic acids is 1. The van der Waals surface area contributed by atoms with E-state index in [9.17, 15) is 10.1 Å². The van der Waals surface area contributed by atoms with Crippen LogP contribution in [-0.4, -0.2) is 17.3 Å². The highest BCUT2D eigenvalue weighted by atomic mass is 35.5. The first-order valence-corrected chi connectivity index (χ1v) is 7.48. The van der Waals surface area contributed by atoms with Gasteiger partial charge in [0.15, 0.2) is 5.84 Å². The first kappa shape index (κ1) is 16.0. The number of ether oxygens (including phenoxy) is 1. The lowest BCUT2D eigenvalue weighted by Crippen LogP contribution is -2.35. The Morgan fingerprint density at radius 2 is 1.92 bits per heavy atom. The van der Waals surface area contributed by atoms with E-state index in [-0.39, 0.29) is 5.84 Å². The molecule has 0 spiro atoms. The fourth-order valence-electron chi connectivity index (χ4n) is 2.28. The smallest absolute Gasteiger partial charge is 0.271 e. The fourth-order valence-corrected chi connectivity index (χ4v) is 2.40. The van der Waals surface area contributed by atoms with E-state index in [1.54, 1.807) is 54.6 Å². The van der Waals surface area contributed by atoms with Crippen molar-refractivity contribution in [2.45, 2.75) is 11.7 Å². The minimum Gasteiger partial charge on any atom is -0.382 e. The second kappa shape index (κ2) is 6.32. The number of nitrogens with two attached hydrogens (primary N) is 1. The van der Waals surface area contributed by atoms with Gasteiger partial charge in [0.05, 0.1) is 0 Å². The zero-order valence-electron chi connectivity index (χ0n) is 12.4. The Morgan fingerprint density at radius 1 is 1.25 bits per heavy atom. The number of benzene rings is 2. The predicted octanol–water partition coefficient (Wildman–Crippen LogP) is 2.38. The maximum Gasteiger partial charge on any atom is 0.271 e. The molecule has 3 N–H and O–H groups in total. The summed E-state index contributed by atoms with van der Waals surface area (Å²) in [5.41, 5.74) is 8.02. The summed E-state index contributed by atoms with van der Waals surface area (Å²) in [5, 5.41) is 13.8. The molecule has 3 rings (SSSR count). The molecule has 0 aromatic heterocycles. The van der Waals surface area contributed by atoms with Gasteiger partial charge in [-0.2, -0.15) is 10.4 Å². The average molecular weight is 341 g/mol. The van der Waals surface area contributed by atoms with Crippen LogP contribution in [0.25, 0.3) is 0 Å². The van der Waals surface area contributed by atoms with Crippen molar-refractivity contribution in [3.8, 4) is 6.07 Å². The Bertz CT molecular complexity index is 830. The van der Waals surface area contributed by atoms with Gasteiger partial charge in [-0.3, -0.25) is 4.79 Å². The Morgan fingerprint density at radius 3 is 2.54 bits per heavy atom. The van der Waals surface area contributed by atoms with E-state index in [1.165, 1.54) is 0 Å². The fraction of sp³-hybridized carbons (Fsp3) is 0.118. The zero-order valence-corrected chi connectivity index (χ0v) is 13.2. The second-order valence-corrected chi connectivity index (χ2v) is 5.64. The quantitative estimate of drug-likeness (QED) is 0.386. The Labute approximate surface area is 143 Å². The maximum atomic E-state index is 12.0. The van der Waals surface area contributed by atoms with Crippen LogP contribution in [0.2, 0.25) is 5.02 Å². The summed E-state index contributed by atoms with van der Waals surface area (Å²) in [4.78, 5) is 12.0. The van der Waals surface area contributed by atoms with Crippen molar-refractivity contribution in [1.82, 2.24) is 5.43 Å². The van der Waals surface area contributed by atoms with Crippen LogP contribution < -0.4 is 11.2 Å². The highest BCUT2D eigenvalue weighted by molar-refractivity contribution is 6.30. The predicted molar refractivity (Wildman–Crippen MR) is 89.2 cm³/mol. The second-order valence-electron chi connectivity index (χ2n) is 5.20. The van der Waals surface area contributed by atoms with E-state index in [0.29, 0.717) is 10.6 Å². The number of hydrogen-bond acceptors (Lipinski definition) is 4. The van der Waals surface area contributed by atoms with Crippen LogP contribution in [0.3, 0.4) is 0 Å². The van der Waals surface area contributed by atoms with Gasteiger partial charge < -0.3 is 10.5 Å². The van der Waals surface area contributed by atoms with Gasteiger partial charge in [-0.25, -0.2) is 5.43 Å². The van der Waals surface area contributed by atoms with Gasteiger partial charge in [-0.05, 0) is 29.8 Å². The largest absolute Gasteiger partial charge is 0.382 e. The van der Waals surface area contributed by atoms with E-state index in [1.807, 2.05) is 6.07 Å². The van der Waals surface area contributed by atoms with E-state index in [0.717, 1.165) is 5.56 Å². The Balaban J connectivity index is 1.74. The number of epoxide rings is 1. The molecule has 1 amide bonds. The molecule has 120 valence electrons. The van der Waals surface area contributed by atoms with Gasteiger partial charge in [0, 0.05) is 10.6 Å². The number of nitrogens with one attached hydrogen (secondary N) is 1. The van der Waals surface area contributed by atoms with Crippen LogP contribution in [0, 0.1) is 11.3 Å². The SMILES string of the molecule is N#C[C@]1(/C(N)=N/NC(=O)c2ccccc2)O[C@@H]1c1ccc(Cl)cc1. The topological polar surface area (TPSA) is 104 Å². The first-order chi connectivity index (χ1) is 11.6. The molecule has 7 heteroatoms. The molecule has 1 aliphatic heterocycles. The van der Waals surface area contributed by atoms with Crippen molar-refractivity contribution in [3.05, 3.63) is 70.7 Å².